The van der Waals surface area contributed by atoms with E-state index in [4.69, 9.17) is 16.7 Å². The highest BCUT2D eigenvalue weighted by molar-refractivity contribution is 6.29. The van der Waals surface area contributed by atoms with Crippen molar-refractivity contribution in [2.45, 2.75) is 18.9 Å². The van der Waals surface area contributed by atoms with E-state index in [1.807, 2.05) is 0 Å². The Morgan fingerprint density at radius 1 is 1.62 bits per heavy atom. The Labute approximate surface area is 98.1 Å². The third-order valence-electron chi connectivity index (χ3n) is 2.67. The fourth-order valence-electron chi connectivity index (χ4n) is 1.89. The topological polar surface area (TPSA) is 66.3 Å². The summed E-state index contributed by atoms with van der Waals surface area (Å²) in [5.41, 5.74) is 0.229. The van der Waals surface area contributed by atoms with Crippen LogP contribution in [0, 0.1) is 0 Å². The van der Waals surface area contributed by atoms with Crippen molar-refractivity contribution in [3.05, 3.63) is 23.2 Å². The second-order valence-corrected chi connectivity index (χ2v) is 4.09. The molecule has 1 aliphatic heterocycles. The van der Waals surface area contributed by atoms with Gasteiger partial charge in [-0.3, -0.25) is 9.78 Å². The minimum absolute atomic E-state index is 0.0142. The molecule has 0 spiro atoms. The molecule has 0 saturated carbocycles. The van der Waals surface area contributed by atoms with E-state index in [1.165, 1.54) is 12.4 Å². The van der Waals surface area contributed by atoms with E-state index >= 15 is 0 Å². The highest BCUT2D eigenvalue weighted by atomic mass is 35.5. The van der Waals surface area contributed by atoms with Crippen molar-refractivity contribution in [1.82, 2.24) is 14.9 Å². The molecule has 1 aliphatic rings. The van der Waals surface area contributed by atoms with Crippen LogP contribution in [0.4, 0.5) is 0 Å². The lowest BCUT2D eigenvalue weighted by atomic mass is 10.2. The number of likely N-dealkylation sites (tertiary alicyclic amines) is 1. The minimum atomic E-state index is -0.216. The third kappa shape index (κ3) is 2.15. The molecule has 0 aromatic carbocycles. The first-order chi connectivity index (χ1) is 7.72. The Hall–Kier alpha value is -1.20. The van der Waals surface area contributed by atoms with Crippen LogP contribution in [-0.4, -0.2) is 45.1 Å². The number of nitrogens with zero attached hydrogens (tertiary/aromatic N) is 3. The number of aliphatic hydroxyl groups is 1. The first kappa shape index (κ1) is 11.3. The van der Waals surface area contributed by atoms with Gasteiger partial charge in [0.2, 0.25) is 0 Å². The normalized spacial score (nSPS) is 20.1. The zero-order chi connectivity index (χ0) is 11.5. The average Bonchev–Trinajstić information content (AvgIpc) is 2.76. The van der Waals surface area contributed by atoms with Crippen LogP contribution >= 0.6 is 11.6 Å². The Kier molecular flexibility index (Phi) is 3.36. The van der Waals surface area contributed by atoms with Gasteiger partial charge in [-0.15, -0.1) is 0 Å². The smallest absolute Gasteiger partial charge is 0.274 e. The predicted molar refractivity (Wildman–Crippen MR) is 58.2 cm³/mol. The highest BCUT2D eigenvalue weighted by Crippen LogP contribution is 2.19. The summed E-state index contributed by atoms with van der Waals surface area (Å²) >= 11 is 5.67. The molecule has 2 heterocycles. The molecule has 2 rings (SSSR count). The van der Waals surface area contributed by atoms with Gasteiger partial charge in [-0.05, 0) is 12.8 Å². The van der Waals surface area contributed by atoms with Gasteiger partial charge in [0.1, 0.15) is 10.8 Å². The minimum Gasteiger partial charge on any atom is -0.394 e. The van der Waals surface area contributed by atoms with Crippen LogP contribution in [0.15, 0.2) is 12.4 Å². The highest BCUT2D eigenvalue weighted by Gasteiger charge is 2.29. The third-order valence-corrected chi connectivity index (χ3v) is 2.86. The van der Waals surface area contributed by atoms with Crippen LogP contribution < -0.4 is 0 Å². The summed E-state index contributed by atoms with van der Waals surface area (Å²) in [7, 11) is 0. The SMILES string of the molecule is O=C(c1cncc(Cl)n1)N1CCCC1CO. The first-order valence-electron chi connectivity index (χ1n) is 5.11. The van der Waals surface area contributed by atoms with E-state index in [0.717, 1.165) is 12.8 Å². The number of carbonyl (C=O) groups excluding carboxylic acids is 1. The van der Waals surface area contributed by atoms with Gasteiger partial charge in [0, 0.05) is 6.54 Å². The summed E-state index contributed by atoms with van der Waals surface area (Å²) in [4.78, 5) is 21.4. The van der Waals surface area contributed by atoms with Crippen LogP contribution in [0.2, 0.25) is 5.15 Å². The van der Waals surface area contributed by atoms with Crippen LogP contribution in [0.3, 0.4) is 0 Å². The zero-order valence-corrected chi connectivity index (χ0v) is 9.39. The number of carbonyl (C=O) groups is 1. The van der Waals surface area contributed by atoms with E-state index < -0.39 is 0 Å². The number of aliphatic hydroxyl groups excluding tert-OH is 1. The lowest BCUT2D eigenvalue weighted by Gasteiger charge is -2.22. The molecule has 86 valence electrons. The first-order valence-corrected chi connectivity index (χ1v) is 5.49. The van der Waals surface area contributed by atoms with Crippen LogP contribution in [0.5, 0.6) is 0 Å². The van der Waals surface area contributed by atoms with Gasteiger partial charge in [-0.1, -0.05) is 11.6 Å². The Morgan fingerprint density at radius 2 is 2.44 bits per heavy atom. The lowest BCUT2D eigenvalue weighted by Crippen LogP contribution is -2.38. The lowest BCUT2D eigenvalue weighted by molar-refractivity contribution is 0.0671. The summed E-state index contributed by atoms with van der Waals surface area (Å²) in [5.74, 6) is -0.216. The second-order valence-electron chi connectivity index (χ2n) is 3.70. The molecule has 6 heteroatoms. The monoisotopic (exact) mass is 241 g/mol. The van der Waals surface area contributed by atoms with Gasteiger partial charge in [0.05, 0.1) is 25.0 Å². The van der Waals surface area contributed by atoms with Crippen LogP contribution in [-0.2, 0) is 0 Å². The summed E-state index contributed by atoms with van der Waals surface area (Å²) in [6, 6.07) is -0.103. The molecule has 0 aliphatic carbocycles. The molecular formula is C10H12ClN3O2. The number of rotatable bonds is 2. The quantitative estimate of drug-likeness (QED) is 0.829. The van der Waals surface area contributed by atoms with Gasteiger partial charge >= 0.3 is 0 Å². The largest absolute Gasteiger partial charge is 0.394 e. The Bertz CT molecular complexity index is 399. The van der Waals surface area contributed by atoms with Gasteiger partial charge in [0.25, 0.3) is 5.91 Å². The molecule has 16 heavy (non-hydrogen) atoms. The maximum atomic E-state index is 12.0. The molecule has 1 N–H and O–H groups in total. The molecule has 1 atom stereocenters. The fourth-order valence-corrected chi connectivity index (χ4v) is 2.03. The molecule has 1 saturated heterocycles. The summed E-state index contributed by atoms with van der Waals surface area (Å²) in [6.45, 7) is 0.637. The molecule has 1 fully saturated rings. The number of amides is 1. The van der Waals surface area contributed by atoms with E-state index in [2.05, 4.69) is 9.97 Å². The standard InChI is InChI=1S/C10H12ClN3O2/c11-9-5-12-4-8(13-9)10(16)14-3-1-2-7(14)6-15/h4-5,7,15H,1-3,6H2. The average molecular weight is 242 g/mol. The van der Waals surface area contributed by atoms with Gasteiger partial charge in [-0.2, -0.15) is 0 Å². The van der Waals surface area contributed by atoms with Crippen molar-refractivity contribution in [3.63, 3.8) is 0 Å². The van der Waals surface area contributed by atoms with Crippen molar-refractivity contribution in [2.24, 2.45) is 0 Å². The van der Waals surface area contributed by atoms with E-state index in [-0.39, 0.29) is 29.4 Å². The molecule has 0 bridgehead atoms. The second kappa shape index (κ2) is 4.76. The molecule has 1 amide bonds. The van der Waals surface area contributed by atoms with Crippen molar-refractivity contribution in [3.8, 4) is 0 Å². The van der Waals surface area contributed by atoms with Gasteiger partial charge in [-0.25, -0.2) is 4.98 Å². The molecular weight excluding hydrogens is 230 g/mol. The molecule has 0 radical (unpaired) electrons. The van der Waals surface area contributed by atoms with Crippen molar-refractivity contribution in [1.29, 1.82) is 0 Å². The molecule has 1 unspecified atom stereocenters. The van der Waals surface area contributed by atoms with Crippen molar-refractivity contribution >= 4 is 17.5 Å². The number of hydrogen-bond acceptors (Lipinski definition) is 4. The summed E-state index contributed by atoms with van der Waals surface area (Å²) in [5, 5.41) is 9.33. The summed E-state index contributed by atoms with van der Waals surface area (Å²) < 4.78 is 0. The van der Waals surface area contributed by atoms with Crippen molar-refractivity contribution < 1.29 is 9.90 Å². The van der Waals surface area contributed by atoms with E-state index in [9.17, 15) is 4.79 Å². The predicted octanol–water partition coefficient (Wildman–Crippen LogP) is 0.727. The van der Waals surface area contributed by atoms with E-state index in [1.54, 1.807) is 4.90 Å². The molecule has 5 nitrogen and oxygen atoms in total. The van der Waals surface area contributed by atoms with Gasteiger partial charge in [0.15, 0.2) is 0 Å². The Balaban J connectivity index is 2.18. The Morgan fingerprint density at radius 3 is 3.12 bits per heavy atom. The van der Waals surface area contributed by atoms with Crippen molar-refractivity contribution in [2.75, 3.05) is 13.2 Å². The van der Waals surface area contributed by atoms with Crippen LogP contribution in [0.1, 0.15) is 23.3 Å². The van der Waals surface area contributed by atoms with Gasteiger partial charge < -0.3 is 10.0 Å². The zero-order valence-electron chi connectivity index (χ0n) is 8.64. The van der Waals surface area contributed by atoms with E-state index in [0.29, 0.717) is 6.54 Å². The number of aromatic nitrogens is 2. The maximum absolute atomic E-state index is 12.0. The van der Waals surface area contributed by atoms with Crippen LogP contribution in [0.25, 0.3) is 0 Å². The fraction of sp³-hybridized carbons (Fsp3) is 0.500. The maximum Gasteiger partial charge on any atom is 0.274 e. The number of halogens is 1. The number of hydrogen-bond donors (Lipinski definition) is 1. The molecule has 1 aromatic rings. The molecule has 1 aromatic heterocycles. The summed E-state index contributed by atoms with van der Waals surface area (Å²) in [6.07, 6.45) is 4.51.